The van der Waals surface area contributed by atoms with Gasteiger partial charge in [-0.25, -0.2) is 9.97 Å². The molecule has 2 heterocycles. The summed E-state index contributed by atoms with van der Waals surface area (Å²) in [6.45, 7) is 1.98. The molecule has 30 heavy (non-hydrogen) atoms. The van der Waals surface area contributed by atoms with Crippen LogP contribution in [0.5, 0.6) is 5.75 Å². The first-order valence-electron chi connectivity index (χ1n) is 9.70. The molecule has 4 aromatic rings. The summed E-state index contributed by atoms with van der Waals surface area (Å²) in [4.78, 5) is 22.5. The van der Waals surface area contributed by atoms with Crippen molar-refractivity contribution in [2.24, 2.45) is 7.05 Å². The van der Waals surface area contributed by atoms with Gasteiger partial charge in [0.15, 0.2) is 17.6 Å². The van der Waals surface area contributed by atoms with Crippen molar-refractivity contribution in [3.05, 3.63) is 72.6 Å². The van der Waals surface area contributed by atoms with Crippen LogP contribution in [0.3, 0.4) is 0 Å². The van der Waals surface area contributed by atoms with Crippen molar-refractivity contribution >= 4 is 22.4 Å². The highest BCUT2D eigenvalue weighted by Crippen LogP contribution is 2.38. The number of amides is 1. The van der Waals surface area contributed by atoms with Crippen molar-refractivity contribution in [1.29, 1.82) is 0 Å². The highest BCUT2D eigenvalue weighted by Gasteiger charge is 2.19. The van der Waals surface area contributed by atoms with Crippen LogP contribution in [0.2, 0.25) is 0 Å². The molecule has 1 amide bonds. The number of nitrogens with zero attached hydrogens (tertiary/aromatic N) is 3. The van der Waals surface area contributed by atoms with Gasteiger partial charge in [0, 0.05) is 25.0 Å². The number of nitrogens with one attached hydrogen (secondary N) is 1. The second-order valence-electron chi connectivity index (χ2n) is 6.72. The van der Waals surface area contributed by atoms with Gasteiger partial charge >= 0.3 is 0 Å². The van der Waals surface area contributed by atoms with Crippen molar-refractivity contribution in [3.63, 3.8) is 0 Å². The van der Waals surface area contributed by atoms with Gasteiger partial charge in [-0.3, -0.25) is 10.1 Å². The molecule has 0 aliphatic rings. The van der Waals surface area contributed by atoms with E-state index in [0.717, 1.165) is 39.7 Å². The van der Waals surface area contributed by atoms with Gasteiger partial charge < -0.3 is 9.30 Å². The van der Waals surface area contributed by atoms with E-state index in [1.54, 1.807) is 6.20 Å². The van der Waals surface area contributed by atoms with Crippen LogP contribution in [-0.4, -0.2) is 27.0 Å². The minimum Gasteiger partial charge on any atom is -0.483 e. The molecule has 6 nitrogen and oxygen atoms in total. The number of ether oxygens (including phenoxy) is 1. The van der Waals surface area contributed by atoms with Crippen molar-refractivity contribution in [2.75, 3.05) is 11.9 Å². The van der Waals surface area contributed by atoms with E-state index in [9.17, 15) is 4.79 Å². The minimum absolute atomic E-state index is 0.0744. The number of rotatable bonds is 7. The summed E-state index contributed by atoms with van der Waals surface area (Å²) in [7, 11) is 1.94. The summed E-state index contributed by atoms with van der Waals surface area (Å²) >= 11 is 1.40. The van der Waals surface area contributed by atoms with Gasteiger partial charge in [-0.05, 0) is 18.1 Å². The van der Waals surface area contributed by atoms with Crippen LogP contribution >= 0.6 is 11.3 Å². The van der Waals surface area contributed by atoms with Gasteiger partial charge in [-0.2, -0.15) is 0 Å². The maximum atomic E-state index is 12.5. The molecule has 0 aliphatic carbocycles. The molecular formula is C23H22N4O2S. The Morgan fingerprint density at radius 2 is 1.90 bits per heavy atom. The molecule has 7 heteroatoms. The number of hydrogen-bond acceptors (Lipinski definition) is 5. The van der Waals surface area contributed by atoms with Crippen LogP contribution in [0, 0.1) is 0 Å². The fourth-order valence-electron chi connectivity index (χ4n) is 3.14. The Balaban J connectivity index is 1.55. The van der Waals surface area contributed by atoms with Gasteiger partial charge in [-0.1, -0.05) is 66.8 Å². The highest BCUT2D eigenvalue weighted by molar-refractivity contribution is 7.19. The maximum absolute atomic E-state index is 12.5. The summed E-state index contributed by atoms with van der Waals surface area (Å²) in [5, 5.41) is 3.39. The number of thiazole rings is 1. The highest BCUT2D eigenvalue weighted by atomic mass is 32.1. The summed E-state index contributed by atoms with van der Waals surface area (Å²) in [5.41, 5.74) is 2.84. The lowest BCUT2D eigenvalue weighted by Crippen LogP contribution is -2.20. The first-order chi connectivity index (χ1) is 14.7. The van der Waals surface area contributed by atoms with E-state index in [0.29, 0.717) is 5.13 Å². The Kier molecular flexibility index (Phi) is 5.90. The van der Waals surface area contributed by atoms with Gasteiger partial charge in [-0.15, -0.1) is 0 Å². The van der Waals surface area contributed by atoms with E-state index in [1.165, 1.54) is 11.3 Å². The van der Waals surface area contributed by atoms with Crippen LogP contribution in [0.1, 0.15) is 12.5 Å². The van der Waals surface area contributed by atoms with Crippen molar-refractivity contribution in [1.82, 2.24) is 14.5 Å². The SMILES string of the molecule is CCc1ccccc1OCC(=O)Nc1nc(-c2ccccc2)c(-c2nccn2C)s1. The largest absolute Gasteiger partial charge is 0.483 e. The summed E-state index contributed by atoms with van der Waals surface area (Å²) in [6, 6.07) is 17.6. The molecule has 0 fully saturated rings. The number of benzene rings is 2. The number of carbonyl (C=O) groups excluding carboxylic acids is 1. The predicted molar refractivity (Wildman–Crippen MR) is 120 cm³/mol. The lowest BCUT2D eigenvalue weighted by Gasteiger charge is -2.09. The molecule has 2 aromatic heterocycles. The molecule has 4 rings (SSSR count). The Bertz CT molecular complexity index is 1150. The molecule has 0 saturated heterocycles. The topological polar surface area (TPSA) is 69.0 Å². The zero-order valence-corrected chi connectivity index (χ0v) is 17.6. The molecule has 152 valence electrons. The second-order valence-corrected chi connectivity index (χ2v) is 7.72. The van der Waals surface area contributed by atoms with E-state index in [4.69, 9.17) is 4.74 Å². The molecule has 0 radical (unpaired) electrons. The number of aromatic nitrogens is 3. The fraction of sp³-hybridized carbons (Fsp3) is 0.174. The molecule has 0 saturated carbocycles. The van der Waals surface area contributed by atoms with Crippen LogP contribution in [0.4, 0.5) is 5.13 Å². The van der Waals surface area contributed by atoms with Crippen molar-refractivity contribution in [3.8, 4) is 27.7 Å². The van der Waals surface area contributed by atoms with E-state index >= 15 is 0 Å². The summed E-state index contributed by atoms with van der Waals surface area (Å²) in [5.74, 6) is 1.29. The van der Waals surface area contributed by atoms with Crippen LogP contribution in [-0.2, 0) is 18.3 Å². The van der Waals surface area contributed by atoms with Gasteiger partial charge in [0.05, 0.1) is 10.6 Å². The molecule has 0 aliphatic heterocycles. The third kappa shape index (κ3) is 4.26. The van der Waals surface area contributed by atoms with E-state index in [1.807, 2.05) is 72.4 Å². The molecule has 0 unspecified atom stereocenters. The predicted octanol–water partition coefficient (Wildman–Crippen LogP) is 4.79. The zero-order valence-electron chi connectivity index (χ0n) is 16.8. The number of aryl methyl sites for hydroxylation is 2. The first-order valence-corrected chi connectivity index (χ1v) is 10.5. The number of carbonyl (C=O) groups is 1. The third-order valence-corrected chi connectivity index (χ3v) is 5.62. The number of para-hydroxylation sites is 1. The molecule has 0 bridgehead atoms. The van der Waals surface area contributed by atoms with Crippen molar-refractivity contribution in [2.45, 2.75) is 13.3 Å². The third-order valence-electron chi connectivity index (χ3n) is 4.66. The molecule has 1 N–H and O–H groups in total. The Morgan fingerprint density at radius 3 is 2.63 bits per heavy atom. The van der Waals surface area contributed by atoms with Crippen molar-refractivity contribution < 1.29 is 9.53 Å². The fourth-order valence-corrected chi connectivity index (χ4v) is 4.18. The van der Waals surface area contributed by atoms with Crippen LogP contribution in [0.15, 0.2) is 67.0 Å². The Hall–Kier alpha value is -3.45. The lowest BCUT2D eigenvalue weighted by molar-refractivity contribution is -0.118. The zero-order chi connectivity index (χ0) is 20.9. The number of hydrogen-bond donors (Lipinski definition) is 1. The molecule has 0 atom stereocenters. The Labute approximate surface area is 179 Å². The van der Waals surface area contributed by atoms with Gasteiger partial charge in [0.1, 0.15) is 5.75 Å². The average Bonchev–Trinajstić information content (AvgIpc) is 3.38. The quantitative estimate of drug-likeness (QED) is 0.468. The summed E-state index contributed by atoms with van der Waals surface area (Å²) in [6.07, 6.45) is 4.49. The van der Waals surface area contributed by atoms with Crippen LogP contribution in [0.25, 0.3) is 22.0 Å². The van der Waals surface area contributed by atoms with Crippen LogP contribution < -0.4 is 10.1 Å². The maximum Gasteiger partial charge on any atom is 0.264 e. The Morgan fingerprint density at radius 1 is 1.13 bits per heavy atom. The molecule has 0 spiro atoms. The smallest absolute Gasteiger partial charge is 0.264 e. The van der Waals surface area contributed by atoms with E-state index in [-0.39, 0.29) is 12.5 Å². The van der Waals surface area contributed by atoms with E-state index in [2.05, 4.69) is 22.2 Å². The molecular weight excluding hydrogens is 396 g/mol. The lowest BCUT2D eigenvalue weighted by atomic mass is 10.1. The van der Waals surface area contributed by atoms with Gasteiger partial charge in [0.2, 0.25) is 0 Å². The average molecular weight is 419 g/mol. The second kappa shape index (κ2) is 8.92. The minimum atomic E-state index is -0.249. The monoisotopic (exact) mass is 418 g/mol. The van der Waals surface area contributed by atoms with E-state index < -0.39 is 0 Å². The number of imidazole rings is 1. The summed E-state index contributed by atoms with van der Waals surface area (Å²) < 4.78 is 7.66. The standard InChI is InChI=1S/C23H22N4O2S/c1-3-16-9-7-8-12-18(16)29-15-19(28)25-23-26-20(17-10-5-4-6-11-17)21(30-23)22-24-13-14-27(22)2/h4-14H,3,15H2,1-2H3,(H,25,26,28). The first kappa shape index (κ1) is 19.8. The molecule has 2 aromatic carbocycles. The normalized spacial score (nSPS) is 10.7. The van der Waals surface area contributed by atoms with Gasteiger partial charge in [0.25, 0.3) is 5.91 Å². The number of anilines is 1.